The Morgan fingerprint density at radius 3 is 1.05 bits per heavy atom. The minimum absolute atomic E-state index is 0.0527. The molecule has 0 radical (unpaired) electrons. The maximum absolute atomic E-state index is 13.8. The van der Waals surface area contributed by atoms with Gasteiger partial charge >= 0.3 is 15.2 Å². The lowest BCUT2D eigenvalue weighted by Gasteiger charge is -2.24. The maximum atomic E-state index is 13.8. The summed E-state index contributed by atoms with van der Waals surface area (Å²) in [6.45, 7) is 3.20. The quantitative estimate of drug-likeness (QED) is 0.0477. The fraction of sp³-hybridized carbons (Fsp3) is 1.00. The molecule has 55 heavy (non-hydrogen) atoms. The number of rotatable bonds is 27. The van der Waals surface area contributed by atoms with Crippen molar-refractivity contribution < 1.29 is 77.6 Å². The van der Waals surface area contributed by atoms with Gasteiger partial charge in [-0.2, -0.15) is 33.7 Å². The smallest absolute Gasteiger partial charge is 0.290 e. The van der Waals surface area contributed by atoms with Gasteiger partial charge in [-0.3, -0.25) is 44.0 Å². The highest BCUT2D eigenvalue weighted by Crippen LogP contribution is 2.52. The van der Waals surface area contributed by atoms with Crippen LogP contribution in [0.3, 0.4) is 0 Å². The predicted octanol–water partition coefficient (Wildman–Crippen LogP) is 6.62. The first-order valence-corrected chi connectivity index (χ1v) is 28.9. The van der Waals surface area contributed by atoms with Crippen LogP contribution in [-0.2, 0) is 84.4 Å². The zero-order chi connectivity index (χ0) is 40.6. The number of hydrogen-bond donors (Lipinski definition) is 0. The molecule has 0 saturated heterocycles. The van der Waals surface area contributed by atoms with Crippen LogP contribution in [0.4, 0.5) is 0 Å². The average molecular weight is 911 g/mol. The highest BCUT2D eigenvalue weighted by atomic mass is 32.2. The normalized spacial score (nSPS) is 21.0. The van der Waals surface area contributed by atoms with Crippen LogP contribution in [0.1, 0.15) is 136 Å². The molecule has 24 heteroatoms. The van der Waals surface area contributed by atoms with Gasteiger partial charge in [0, 0.05) is 0 Å². The Morgan fingerprint density at radius 1 is 0.473 bits per heavy atom. The fourth-order valence-electron chi connectivity index (χ4n) is 6.24. The van der Waals surface area contributed by atoms with Gasteiger partial charge in [-0.25, -0.2) is 0 Å². The Hall–Kier alpha value is -0.0600. The lowest BCUT2D eigenvalue weighted by atomic mass is 9.98. The van der Waals surface area contributed by atoms with Gasteiger partial charge in [-0.05, 0) is 64.7 Å². The van der Waals surface area contributed by atoms with Crippen LogP contribution >= 0.6 is 15.2 Å². The van der Waals surface area contributed by atoms with Gasteiger partial charge in [0.25, 0.3) is 40.5 Å². The van der Waals surface area contributed by atoms with Crippen molar-refractivity contribution in [2.75, 3.05) is 36.1 Å². The van der Waals surface area contributed by atoms with Crippen LogP contribution in [0, 0.1) is 0 Å². The predicted molar refractivity (Wildman–Crippen MR) is 203 cm³/mol. The Labute approximate surface area is 328 Å². The SMILES string of the molecule is CCC(C)OS(=O)(=O)COP(=O)(CCCCCP(=O)(OCS(=O)(=O)OC1CCCCC1)OCS(=O)(=O)OC1CCCCC1)OCS(=O)(=O)OC1CCCCC1. The molecular formula is C31H60O18P2S4. The molecule has 2 atom stereocenters. The molecule has 326 valence electrons. The average Bonchev–Trinajstić information content (AvgIpc) is 3.12. The van der Waals surface area contributed by atoms with Gasteiger partial charge in [0.15, 0.2) is 23.8 Å². The lowest BCUT2D eigenvalue weighted by molar-refractivity contribution is 0.148. The summed E-state index contributed by atoms with van der Waals surface area (Å²) in [6.07, 6.45) is 7.67. The van der Waals surface area contributed by atoms with Gasteiger partial charge in [0.2, 0.25) is 0 Å². The van der Waals surface area contributed by atoms with Crippen molar-refractivity contribution >= 4 is 55.7 Å². The molecule has 0 heterocycles. The second kappa shape index (κ2) is 23.1. The lowest BCUT2D eigenvalue weighted by Crippen LogP contribution is -2.25. The van der Waals surface area contributed by atoms with Crippen LogP contribution in [0.25, 0.3) is 0 Å². The topological polar surface area (TPSA) is 245 Å². The summed E-state index contributed by atoms with van der Waals surface area (Å²) >= 11 is 0. The zero-order valence-electron chi connectivity index (χ0n) is 31.9. The van der Waals surface area contributed by atoms with Crippen molar-refractivity contribution in [1.29, 1.82) is 0 Å². The molecule has 3 rings (SSSR count). The molecule has 3 aliphatic rings. The van der Waals surface area contributed by atoms with E-state index in [1.807, 2.05) is 0 Å². The minimum Gasteiger partial charge on any atom is -0.290 e. The fourth-order valence-corrected chi connectivity index (χ4v) is 15.4. The van der Waals surface area contributed by atoms with Crippen molar-refractivity contribution in [2.45, 2.75) is 160 Å². The molecule has 3 saturated carbocycles. The second-order valence-corrected chi connectivity index (χ2v) is 24.9. The Balaban J connectivity index is 1.64. The summed E-state index contributed by atoms with van der Waals surface area (Å²) in [6, 6.07) is 0. The highest BCUT2D eigenvalue weighted by Gasteiger charge is 2.35. The summed E-state index contributed by atoms with van der Waals surface area (Å²) in [5.74, 6) is -4.68. The molecule has 0 bridgehead atoms. The van der Waals surface area contributed by atoms with Crippen LogP contribution in [0.5, 0.6) is 0 Å². The Bertz CT molecular complexity index is 1630. The van der Waals surface area contributed by atoms with Crippen molar-refractivity contribution in [1.82, 2.24) is 0 Å². The molecule has 3 aliphatic carbocycles. The third-order valence-electron chi connectivity index (χ3n) is 9.33. The van der Waals surface area contributed by atoms with E-state index < -0.39 is 116 Å². The summed E-state index contributed by atoms with van der Waals surface area (Å²) in [5.41, 5.74) is 0. The van der Waals surface area contributed by atoms with Gasteiger partial charge in [-0.15, -0.1) is 0 Å². The van der Waals surface area contributed by atoms with E-state index in [0.29, 0.717) is 44.9 Å². The molecule has 0 aliphatic heterocycles. The third-order valence-corrected chi connectivity index (χ3v) is 17.8. The summed E-state index contributed by atoms with van der Waals surface area (Å²) in [7, 11) is -26.3. The molecule has 18 nitrogen and oxygen atoms in total. The molecule has 3 fully saturated rings. The summed E-state index contributed by atoms with van der Waals surface area (Å²) < 4.78 is 170. The molecule has 0 aromatic carbocycles. The van der Waals surface area contributed by atoms with Crippen LogP contribution in [-0.4, -0.2) is 94.2 Å². The summed E-state index contributed by atoms with van der Waals surface area (Å²) in [5, 5.41) is 0. The van der Waals surface area contributed by atoms with Gasteiger partial charge < -0.3 is 0 Å². The molecule has 0 aromatic heterocycles. The molecule has 0 aromatic rings. The van der Waals surface area contributed by atoms with Crippen molar-refractivity contribution in [3.05, 3.63) is 0 Å². The Morgan fingerprint density at radius 2 is 0.764 bits per heavy atom. The maximum Gasteiger partial charge on any atom is 0.332 e. The van der Waals surface area contributed by atoms with E-state index in [0.717, 1.165) is 57.8 Å². The monoisotopic (exact) mass is 910 g/mol. The third kappa shape index (κ3) is 20.7. The van der Waals surface area contributed by atoms with Crippen LogP contribution in [0.2, 0.25) is 0 Å². The first-order chi connectivity index (χ1) is 25.7. The standard InChI is InChI=1S/C31H60O18P2S4/c1-3-28(2)46-52(34,35)24-42-50(32,43-25-53(36,37)47-29-16-8-4-9-17-29)22-14-7-15-23-51(33,44-26-54(38,39)48-30-18-10-5-11-19-30)45-27-55(40,41)49-31-20-12-6-13-21-31/h28-31H,3-27H2,1-2H3. The number of hydrogen-bond acceptors (Lipinski definition) is 18. The minimum atomic E-state index is -4.45. The molecular weight excluding hydrogens is 851 g/mol. The largest absolute Gasteiger partial charge is 0.332 e. The van der Waals surface area contributed by atoms with E-state index >= 15 is 0 Å². The second-order valence-electron chi connectivity index (χ2n) is 14.3. The Kier molecular flexibility index (Phi) is 20.7. The summed E-state index contributed by atoms with van der Waals surface area (Å²) in [4.78, 5) is 0. The van der Waals surface area contributed by atoms with E-state index in [2.05, 4.69) is 0 Å². The van der Waals surface area contributed by atoms with E-state index in [1.54, 1.807) is 6.92 Å². The molecule has 0 spiro atoms. The number of unbranched alkanes of at least 4 members (excludes halogenated alkanes) is 2. The molecule has 0 amide bonds. The first-order valence-electron chi connectivity index (χ1n) is 19.1. The van der Waals surface area contributed by atoms with Crippen LogP contribution in [0.15, 0.2) is 0 Å². The highest BCUT2D eigenvalue weighted by molar-refractivity contribution is 7.87. The van der Waals surface area contributed by atoms with E-state index in [4.69, 9.17) is 34.8 Å². The van der Waals surface area contributed by atoms with Crippen molar-refractivity contribution in [3.63, 3.8) is 0 Å². The van der Waals surface area contributed by atoms with Gasteiger partial charge in [0.1, 0.15) is 0 Å². The zero-order valence-corrected chi connectivity index (χ0v) is 36.9. The van der Waals surface area contributed by atoms with Crippen molar-refractivity contribution in [2.24, 2.45) is 0 Å². The van der Waals surface area contributed by atoms with E-state index in [1.165, 1.54) is 6.92 Å². The van der Waals surface area contributed by atoms with Gasteiger partial charge in [0.05, 0.1) is 36.7 Å². The van der Waals surface area contributed by atoms with E-state index in [9.17, 15) is 42.8 Å². The van der Waals surface area contributed by atoms with Crippen molar-refractivity contribution in [3.8, 4) is 0 Å². The molecule has 2 unspecified atom stereocenters. The van der Waals surface area contributed by atoms with Crippen LogP contribution < -0.4 is 0 Å². The van der Waals surface area contributed by atoms with E-state index in [-0.39, 0.29) is 19.3 Å². The van der Waals surface area contributed by atoms with Gasteiger partial charge in [-0.1, -0.05) is 71.1 Å². The molecule has 0 N–H and O–H groups in total. The first kappa shape index (κ1) is 49.3.